The third kappa shape index (κ3) is 3.36. The van der Waals surface area contributed by atoms with E-state index >= 15 is 0 Å². The van der Waals surface area contributed by atoms with Crippen LogP contribution in [0.5, 0.6) is 0 Å². The molecule has 0 bridgehead atoms. The Balaban J connectivity index is 1.37. The molecule has 4 rings (SSSR count). The van der Waals surface area contributed by atoms with Gasteiger partial charge in [-0.2, -0.15) is 0 Å². The lowest BCUT2D eigenvalue weighted by molar-refractivity contribution is 0.0931. The first kappa shape index (κ1) is 15.7. The molecule has 0 aromatic carbocycles. The number of anilines is 1. The van der Waals surface area contributed by atoms with Crippen molar-refractivity contribution >= 4 is 17.2 Å². The predicted molar refractivity (Wildman–Crippen MR) is 99.1 cm³/mol. The van der Waals surface area contributed by atoms with Crippen molar-refractivity contribution in [3.8, 4) is 0 Å². The number of amides is 1. The van der Waals surface area contributed by atoms with Crippen LogP contribution in [0.25, 0.3) is 5.52 Å². The highest BCUT2D eigenvalue weighted by atomic mass is 16.1. The minimum Gasteiger partial charge on any atom is -0.356 e. The van der Waals surface area contributed by atoms with E-state index in [9.17, 15) is 4.79 Å². The number of aryl methyl sites for hydroxylation is 1. The third-order valence-electron chi connectivity index (χ3n) is 4.79. The molecule has 1 fully saturated rings. The van der Waals surface area contributed by atoms with Crippen molar-refractivity contribution in [3.05, 3.63) is 66.1 Å². The highest BCUT2D eigenvalue weighted by molar-refractivity contribution is 5.95. The van der Waals surface area contributed by atoms with Gasteiger partial charge in [-0.25, -0.2) is 4.98 Å². The van der Waals surface area contributed by atoms with Crippen LogP contribution >= 0.6 is 0 Å². The van der Waals surface area contributed by atoms with Crippen LogP contribution in [0.4, 0.5) is 5.82 Å². The summed E-state index contributed by atoms with van der Waals surface area (Å²) in [4.78, 5) is 19.4. The van der Waals surface area contributed by atoms with E-state index in [0.29, 0.717) is 5.56 Å². The largest absolute Gasteiger partial charge is 0.356 e. The van der Waals surface area contributed by atoms with Gasteiger partial charge < -0.3 is 14.6 Å². The first-order valence-electron chi connectivity index (χ1n) is 8.75. The highest BCUT2D eigenvalue weighted by Gasteiger charge is 2.22. The lowest BCUT2D eigenvalue weighted by Crippen LogP contribution is -2.44. The van der Waals surface area contributed by atoms with Gasteiger partial charge in [-0.1, -0.05) is 12.1 Å². The van der Waals surface area contributed by atoms with Crippen LogP contribution in [0, 0.1) is 6.92 Å². The molecule has 5 heteroatoms. The van der Waals surface area contributed by atoms with E-state index in [0.717, 1.165) is 43.0 Å². The number of carbonyl (C=O) groups excluding carboxylic acids is 1. The van der Waals surface area contributed by atoms with Crippen molar-refractivity contribution in [1.82, 2.24) is 14.7 Å². The van der Waals surface area contributed by atoms with Crippen LogP contribution in [0.1, 0.15) is 28.9 Å². The van der Waals surface area contributed by atoms with Crippen LogP contribution in [0.15, 0.2) is 54.9 Å². The van der Waals surface area contributed by atoms with E-state index in [1.807, 2.05) is 60.1 Å². The molecule has 1 amide bonds. The number of hydrogen-bond donors (Lipinski definition) is 1. The second-order valence-electron chi connectivity index (χ2n) is 6.63. The molecule has 0 saturated carbocycles. The van der Waals surface area contributed by atoms with Crippen LogP contribution in [0.2, 0.25) is 0 Å². The second kappa shape index (κ2) is 6.59. The van der Waals surface area contributed by atoms with Gasteiger partial charge in [0.1, 0.15) is 5.82 Å². The molecule has 128 valence electrons. The van der Waals surface area contributed by atoms with Gasteiger partial charge >= 0.3 is 0 Å². The van der Waals surface area contributed by atoms with Crippen molar-refractivity contribution < 1.29 is 4.79 Å². The van der Waals surface area contributed by atoms with E-state index in [1.54, 1.807) is 0 Å². The maximum absolute atomic E-state index is 12.5. The van der Waals surface area contributed by atoms with E-state index in [-0.39, 0.29) is 11.9 Å². The Labute approximate surface area is 147 Å². The smallest absolute Gasteiger partial charge is 0.253 e. The number of pyridine rings is 2. The van der Waals surface area contributed by atoms with Crippen molar-refractivity contribution in [2.24, 2.45) is 0 Å². The maximum Gasteiger partial charge on any atom is 0.253 e. The van der Waals surface area contributed by atoms with Gasteiger partial charge in [-0.15, -0.1) is 0 Å². The summed E-state index contributed by atoms with van der Waals surface area (Å²) in [7, 11) is 0. The predicted octanol–water partition coefficient (Wildman–Crippen LogP) is 3.04. The molecule has 1 aliphatic rings. The number of fused-ring (bicyclic) bond motifs is 1. The Bertz CT molecular complexity index is 860. The van der Waals surface area contributed by atoms with Gasteiger partial charge in [0.2, 0.25) is 0 Å². The van der Waals surface area contributed by atoms with E-state index in [4.69, 9.17) is 0 Å². The monoisotopic (exact) mass is 334 g/mol. The molecule has 1 aliphatic heterocycles. The van der Waals surface area contributed by atoms with Crippen LogP contribution in [0.3, 0.4) is 0 Å². The number of hydrogen-bond acceptors (Lipinski definition) is 3. The van der Waals surface area contributed by atoms with Gasteiger partial charge in [-0.3, -0.25) is 4.79 Å². The Hall–Kier alpha value is -2.82. The maximum atomic E-state index is 12.5. The first-order valence-corrected chi connectivity index (χ1v) is 8.75. The molecule has 4 heterocycles. The quantitative estimate of drug-likeness (QED) is 0.801. The Morgan fingerprint density at radius 2 is 2.00 bits per heavy atom. The van der Waals surface area contributed by atoms with Crippen molar-refractivity contribution in [3.63, 3.8) is 0 Å². The summed E-state index contributed by atoms with van der Waals surface area (Å²) in [6, 6.07) is 14.2. The molecule has 1 saturated heterocycles. The standard InChI is InChI=1S/C20H22N4O/c1-15-5-4-7-19(21-15)23-11-8-17(9-12-23)22-20(25)16-13-18-6-2-3-10-24(18)14-16/h2-7,10,13-14,17H,8-9,11-12H2,1H3,(H,22,25). The van der Waals surface area contributed by atoms with Gasteiger partial charge in [0, 0.05) is 42.7 Å². The molecule has 5 nitrogen and oxygen atoms in total. The molecule has 0 aliphatic carbocycles. The average Bonchev–Trinajstić information content (AvgIpc) is 3.07. The zero-order chi connectivity index (χ0) is 17.2. The average molecular weight is 334 g/mol. The van der Waals surface area contributed by atoms with Gasteiger partial charge in [-0.05, 0) is 50.1 Å². The van der Waals surface area contributed by atoms with Crippen molar-refractivity contribution in [2.75, 3.05) is 18.0 Å². The lowest BCUT2D eigenvalue weighted by atomic mass is 10.0. The first-order chi connectivity index (χ1) is 12.2. The molecular formula is C20H22N4O. The fourth-order valence-corrected chi connectivity index (χ4v) is 3.41. The van der Waals surface area contributed by atoms with Crippen molar-refractivity contribution in [1.29, 1.82) is 0 Å². The van der Waals surface area contributed by atoms with Gasteiger partial charge in [0.05, 0.1) is 5.56 Å². The Morgan fingerprint density at radius 3 is 2.76 bits per heavy atom. The Morgan fingerprint density at radius 1 is 1.16 bits per heavy atom. The van der Waals surface area contributed by atoms with E-state index < -0.39 is 0 Å². The van der Waals surface area contributed by atoms with Gasteiger partial charge in [0.25, 0.3) is 5.91 Å². The Kier molecular flexibility index (Phi) is 4.14. The summed E-state index contributed by atoms with van der Waals surface area (Å²) in [5.74, 6) is 1.04. The molecular weight excluding hydrogens is 312 g/mol. The lowest BCUT2D eigenvalue weighted by Gasteiger charge is -2.33. The summed E-state index contributed by atoms with van der Waals surface area (Å²) < 4.78 is 1.97. The molecule has 1 N–H and O–H groups in total. The number of carbonyl (C=O) groups is 1. The molecule has 0 atom stereocenters. The summed E-state index contributed by atoms with van der Waals surface area (Å²) in [5, 5.41) is 3.18. The number of nitrogens with zero attached hydrogens (tertiary/aromatic N) is 3. The third-order valence-corrected chi connectivity index (χ3v) is 4.79. The van der Waals surface area contributed by atoms with E-state index in [2.05, 4.69) is 21.3 Å². The summed E-state index contributed by atoms with van der Waals surface area (Å²) >= 11 is 0. The molecule has 0 radical (unpaired) electrons. The molecule has 0 unspecified atom stereocenters. The van der Waals surface area contributed by atoms with E-state index in [1.165, 1.54) is 0 Å². The van der Waals surface area contributed by atoms with Crippen LogP contribution in [-0.2, 0) is 0 Å². The van der Waals surface area contributed by atoms with Crippen LogP contribution in [-0.4, -0.2) is 34.4 Å². The number of nitrogens with one attached hydrogen (secondary N) is 1. The molecule has 0 spiro atoms. The SMILES string of the molecule is Cc1cccc(N2CCC(NC(=O)c3cc4ccccn4c3)CC2)n1. The zero-order valence-electron chi connectivity index (χ0n) is 14.4. The minimum atomic E-state index is 0.0100. The topological polar surface area (TPSA) is 49.6 Å². The summed E-state index contributed by atoms with van der Waals surface area (Å²) in [6.07, 6.45) is 5.72. The summed E-state index contributed by atoms with van der Waals surface area (Å²) in [6.45, 7) is 3.84. The zero-order valence-corrected chi connectivity index (χ0v) is 14.4. The number of rotatable bonds is 3. The second-order valence-corrected chi connectivity index (χ2v) is 6.63. The molecule has 3 aromatic rings. The fourth-order valence-electron chi connectivity index (χ4n) is 3.41. The summed E-state index contributed by atoms with van der Waals surface area (Å²) in [5.41, 5.74) is 2.79. The number of aromatic nitrogens is 2. The normalized spacial score (nSPS) is 15.5. The fraction of sp³-hybridized carbons (Fsp3) is 0.300. The molecule has 25 heavy (non-hydrogen) atoms. The minimum absolute atomic E-state index is 0.0100. The number of piperidine rings is 1. The van der Waals surface area contributed by atoms with Crippen LogP contribution < -0.4 is 10.2 Å². The van der Waals surface area contributed by atoms with Gasteiger partial charge in [0.15, 0.2) is 0 Å². The highest BCUT2D eigenvalue weighted by Crippen LogP contribution is 2.19. The van der Waals surface area contributed by atoms with Crippen molar-refractivity contribution in [2.45, 2.75) is 25.8 Å². The molecule has 3 aromatic heterocycles.